The topological polar surface area (TPSA) is 69.6 Å². The van der Waals surface area contributed by atoms with Gasteiger partial charge in [-0.15, -0.1) is 0 Å². The summed E-state index contributed by atoms with van der Waals surface area (Å²) >= 11 is 0. The zero-order chi connectivity index (χ0) is 15.8. The molecule has 5 nitrogen and oxygen atoms in total. The van der Waals surface area contributed by atoms with Crippen molar-refractivity contribution in [3.8, 4) is 0 Å². The smallest absolute Gasteiger partial charge is 0.317 e. The quantitative estimate of drug-likeness (QED) is 0.759. The van der Waals surface area contributed by atoms with Crippen LogP contribution in [0, 0.1) is 11.8 Å². The van der Waals surface area contributed by atoms with Crippen LogP contribution >= 0.6 is 0 Å². The number of urea groups is 1. The van der Waals surface area contributed by atoms with Gasteiger partial charge in [0.05, 0.1) is 0 Å². The number of likely N-dealkylation sites (tertiary alicyclic amines) is 1. The molecule has 0 aromatic heterocycles. The van der Waals surface area contributed by atoms with Gasteiger partial charge >= 0.3 is 12.0 Å². The number of amides is 2. The molecule has 2 N–H and O–H groups in total. The first-order chi connectivity index (χ1) is 9.88. The monoisotopic (exact) mass is 298 g/mol. The lowest BCUT2D eigenvalue weighted by atomic mass is 9.92. The second-order valence-corrected chi connectivity index (χ2v) is 6.68. The maximum absolute atomic E-state index is 12.1. The lowest BCUT2D eigenvalue weighted by molar-refractivity contribution is -0.137. The zero-order valence-corrected chi connectivity index (χ0v) is 13.6. The number of nitrogens with one attached hydrogen (secondary N) is 1. The SMILES string of the molecule is CC(C)CCC(C)NC(=O)N1CCC(CCC(=O)O)CC1. The highest BCUT2D eigenvalue weighted by molar-refractivity contribution is 5.74. The van der Waals surface area contributed by atoms with E-state index in [-0.39, 0.29) is 18.5 Å². The summed E-state index contributed by atoms with van der Waals surface area (Å²) in [5.74, 6) is 0.381. The summed E-state index contributed by atoms with van der Waals surface area (Å²) in [4.78, 5) is 24.6. The molecular formula is C16H30N2O3. The van der Waals surface area contributed by atoms with Gasteiger partial charge in [0.1, 0.15) is 0 Å². The Morgan fingerprint density at radius 3 is 2.33 bits per heavy atom. The van der Waals surface area contributed by atoms with E-state index in [4.69, 9.17) is 5.11 Å². The lowest BCUT2D eigenvalue weighted by Gasteiger charge is -2.32. The Hall–Kier alpha value is -1.26. The van der Waals surface area contributed by atoms with E-state index in [1.165, 1.54) is 0 Å². The average molecular weight is 298 g/mol. The minimum Gasteiger partial charge on any atom is -0.481 e. The van der Waals surface area contributed by atoms with Crippen molar-refractivity contribution in [1.82, 2.24) is 10.2 Å². The molecule has 1 unspecified atom stereocenters. The zero-order valence-electron chi connectivity index (χ0n) is 13.6. The van der Waals surface area contributed by atoms with Gasteiger partial charge in [0.25, 0.3) is 0 Å². The van der Waals surface area contributed by atoms with Crippen LogP contribution in [-0.4, -0.2) is 41.1 Å². The van der Waals surface area contributed by atoms with Crippen molar-refractivity contribution in [3.05, 3.63) is 0 Å². The highest BCUT2D eigenvalue weighted by Crippen LogP contribution is 2.22. The maximum Gasteiger partial charge on any atom is 0.317 e. The predicted octanol–water partition coefficient (Wildman–Crippen LogP) is 3.10. The third kappa shape index (κ3) is 7.34. The Labute approximate surface area is 128 Å². The van der Waals surface area contributed by atoms with E-state index in [9.17, 15) is 9.59 Å². The summed E-state index contributed by atoms with van der Waals surface area (Å²) in [6.07, 6.45) is 4.94. The Bertz CT molecular complexity index is 336. The number of nitrogens with zero attached hydrogens (tertiary/aromatic N) is 1. The molecule has 0 saturated carbocycles. The number of carboxylic acid groups (broad SMARTS) is 1. The first-order valence-electron chi connectivity index (χ1n) is 8.15. The van der Waals surface area contributed by atoms with Crippen molar-refractivity contribution < 1.29 is 14.7 Å². The van der Waals surface area contributed by atoms with Gasteiger partial charge in [-0.25, -0.2) is 4.79 Å². The van der Waals surface area contributed by atoms with Crippen LogP contribution in [-0.2, 0) is 4.79 Å². The van der Waals surface area contributed by atoms with Crippen LogP contribution in [0.5, 0.6) is 0 Å². The summed E-state index contributed by atoms with van der Waals surface area (Å²) in [7, 11) is 0. The molecule has 1 aliphatic rings. The average Bonchev–Trinajstić information content (AvgIpc) is 2.43. The molecule has 1 heterocycles. The fourth-order valence-corrected chi connectivity index (χ4v) is 2.71. The van der Waals surface area contributed by atoms with E-state index in [2.05, 4.69) is 26.1 Å². The van der Waals surface area contributed by atoms with Crippen LogP contribution in [0.25, 0.3) is 0 Å². The minimum absolute atomic E-state index is 0.0305. The van der Waals surface area contributed by atoms with Crippen molar-refractivity contribution >= 4 is 12.0 Å². The van der Waals surface area contributed by atoms with Crippen LogP contribution < -0.4 is 5.32 Å². The van der Waals surface area contributed by atoms with Gasteiger partial charge in [-0.3, -0.25) is 4.79 Å². The van der Waals surface area contributed by atoms with Gasteiger partial charge in [0.15, 0.2) is 0 Å². The number of hydrogen-bond donors (Lipinski definition) is 2. The highest BCUT2D eigenvalue weighted by atomic mass is 16.4. The number of rotatable bonds is 7. The van der Waals surface area contributed by atoms with Gasteiger partial charge in [-0.1, -0.05) is 13.8 Å². The lowest BCUT2D eigenvalue weighted by Crippen LogP contribution is -2.47. The molecule has 0 spiro atoms. The van der Waals surface area contributed by atoms with Crippen molar-refractivity contribution in [2.45, 2.75) is 65.3 Å². The Kier molecular flexibility index (Phi) is 7.54. The second-order valence-electron chi connectivity index (χ2n) is 6.68. The fraction of sp³-hybridized carbons (Fsp3) is 0.875. The predicted molar refractivity (Wildman–Crippen MR) is 83.2 cm³/mol. The van der Waals surface area contributed by atoms with Crippen LogP contribution in [0.2, 0.25) is 0 Å². The molecule has 0 aromatic carbocycles. The summed E-state index contributed by atoms with van der Waals surface area (Å²) < 4.78 is 0. The van der Waals surface area contributed by atoms with Crippen molar-refractivity contribution in [2.24, 2.45) is 11.8 Å². The van der Waals surface area contributed by atoms with Gasteiger partial charge in [0.2, 0.25) is 0 Å². The van der Waals surface area contributed by atoms with E-state index in [1.807, 2.05) is 4.90 Å². The summed E-state index contributed by atoms with van der Waals surface area (Å²) in [6, 6.07) is 0.243. The Morgan fingerprint density at radius 1 is 1.19 bits per heavy atom. The molecule has 1 atom stereocenters. The minimum atomic E-state index is -0.728. The summed E-state index contributed by atoms with van der Waals surface area (Å²) in [6.45, 7) is 7.92. The normalized spacial score (nSPS) is 17.8. The molecule has 5 heteroatoms. The van der Waals surface area contributed by atoms with Crippen LogP contribution in [0.15, 0.2) is 0 Å². The molecule has 0 radical (unpaired) electrons. The molecule has 21 heavy (non-hydrogen) atoms. The van der Waals surface area contributed by atoms with E-state index in [1.54, 1.807) is 0 Å². The molecule has 0 bridgehead atoms. The van der Waals surface area contributed by atoms with Crippen LogP contribution in [0.4, 0.5) is 4.79 Å². The third-order valence-corrected chi connectivity index (χ3v) is 4.22. The molecule has 1 rings (SSSR count). The molecule has 2 amide bonds. The van der Waals surface area contributed by atoms with Gasteiger partial charge < -0.3 is 15.3 Å². The van der Waals surface area contributed by atoms with Crippen molar-refractivity contribution in [2.75, 3.05) is 13.1 Å². The summed E-state index contributed by atoms with van der Waals surface area (Å²) in [5, 5.41) is 11.8. The standard InChI is InChI=1S/C16H30N2O3/c1-12(2)4-5-13(3)17-16(21)18-10-8-14(9-11-18)6-7-15(19)20/h12-14H,4-11H2,1-3H3,(H,17,21)(H,19,20). The molecule has 122 valence electrons. The first kappa shape index (κ1) is 17.8. The third-order valence-electron chi connectivity index (χ3n) is 4.22. The molecule has 0 aromatic rings. The fourth-order valence-electron chi connectivity index (χ4n) is 2.71. The highest BCUT2D eigenvalue weighted by Gasteiger charge is 2.23. The van der Waals surface area contributed by atoms with Crippen molar-refractivity contribution in [3.63, 3.8) is 0 Å². The molecule has 1 aliphatic heterocycles. The van der Waals surface area contributed by atoms with E-state index in [0.717, 1.165) is 45.2 Å². The van der Waals surface area contributed by atoms with Gasteiger partial charge in [-0.05, 0) is 50.9 Å². The molecule has 1 saturated heterocycles. The number of hydrogen-bond acceptors (Lipinski definition) is 2. The second kappa shape index (κ2) is 8.90. The first-order valence-corrected chi connectivity index (χ1v) is 8.15. The Morgan fingerprint density at radius 2 is 1.81 bits per heavy atom. The number of carbonyl (C=O) groups is 2. The maximum atomic E-state index is 12.1. The molecular weight excluding hydrogens is 268 g/mol. The summed E-state index contributed by atoms with van der Waals surface area (Å²) in [5.41, 5.74) is 0. The van der Waals surface area contributed by atoms with Crippen LogP contribution in [0.1, 0.15) is 59.3 Å². The molecule has 0 aliphatic carbocycles. The van der Waals surface area contributed by atoms with Gasteiger partial charge in [0, 0.05) is 25.6 Å². The van der Waals surface area contributed by atoms with E-state index >= 15 is 0 Å². The van der Waals surface area contributed by atoms with Gasteiger partial charge in [-0.2, -0.15) is 0 Å². The number of carboxylic acids is 1. The van der Waals surface area contributed by atoms with E-state index < -0.39 is 5.97 Å². The van der Waals surface area contributed by atoms with E-state index in [0.29, 0.717) is 11.8 Å². The van der Waals surface area contributed by atoms with Crippen LogP contribution in [0.3, 0.4) is 0 Å². The Balaban J connectivity index is 2.23. The largest absolute Gasteiger partial charge is 0.481 e. The van der Waals surface area contributed by atoms with Crippen molar-refractivity contribution in [1.29, 1.82) is 0 Å². The molecule has 1 fully saturated rings. The number of aliphatic carboxylic acids is 1. The number of piperidine rings is 1. The number of carbonyl (C=O) groups excluding carboxylic acids is 1.